The van der Waals surface area contributed by atoms with Crippen LogP contribution in [-0.4, -0.2) is 55.1 Å². The summed E-state index contributed by atoms with van der Waals surface area (Å²) in [6.07, 6.45) is 0. The van der Waals surface area contributed by atoms with Crippen LogP contribution < -0.4 is 0 Å². The van der Waals surface area contributed by atoms with Gasteiger partial charge in [0.25, 0.3) is 0 Å². The summed E-state index contributed by atoms with van der Waals surface area (Å²) in [5, 5.41) is 0. The summed E-state index contributed by atoms with van der Waals surface area (Å²) >= 11 is 0. The van der Waals surface area contributed by atoms with Crippen LogP contribution in [-0.2, 0) is 0 Å². The second-order valence-corrected chi connectivity index (χ2v) is 0. The van der Waals surface area contributed by atoms with Crippen molar-refractivity contribution in [3.05, 3.63) is 0 Å². The van der Waals surface area contributed by atoms with Crippen LogP contribution in [0.15, 0.2) is 0 Å². The second kappa shape index (κ2) is 22.7. The van der Waals surface area contributed by atoms with Crippen molar-refractivity contribution >= 4 is 55.1 Å². The van der Waals surface area contributed by atoms with Gasteiger partial charge in [-0.1, -0.05) is 0 Å². The fourth-order valence-electron chi connectivity index (χ4n) is 0. The molecule has 0 nitrogen and oxygen atoms in total. The van der Waals surface area contributed by atoms with E-state index in [2.05, 4.69) is 0 Å². The van der Waals surface area contributed by atoms with E-state index in [1.807, 2.05) is 0 Å². The minimum absolute atomic E-state index is 0. The molecule has 0 aliphatic heterocycles. The van der Waals surface area contributed by atoms with Gasteiger partial charge in [-0.2, -0.15) is 0 Å². The molecule has 0 aliphatic carbocycles. The monoisotopic (exact) mass is 112 g/mol. The number of hydrogen-bond acceptors (Lipinski definition) is 0. The third-order valence-electron chi connectivity index (χ3n) is 0. The molecule has 0 aromatic rings. The maximum atomic E-state index is 0. The first kappa shape index (κ1) is 44.8. The average Bonchev–Trinajstić information content (AvgIpc) is 0. The molecule has 0 saturated carbocycles. The first-order valence-corrected chi connectivity index (χ1v) is 0. The molecule has 0 amide bonds. The summed E-state index contributed by atoms with van der Waals surface area (Å²) in [5.74, 6) is 0. The minimum atomic E-state index is 0. The molecule has 0 radical (unpaired) electrons. The molecule has 26 valence electrons. The molecule has 0 spiro atoms. The first-order valence-electron chi connectivity index (χ1n) is 0. The van der Waals surface area contributed by atoms with Gasteiger partial charge in [-0.05, 0) is 0 Å². The Labute approximate surface area is 63.8 Å². The van der Waals surface area contributed by atoms with Crippen molar-refractivity contribution in [2.45, 2.75) is 0 Å². The zero-order chi connectivity index (χ0) is 0. The summed E-state index contributed by atoms with van der Waals surface area (Å²) in [6.45, 7) is 0. The van der Waals surface area contributed by atoms with Crippen molar-refractivity contribution in [1.29, 1.82) is 0 Å². The molecule has 4 heavy (non-hydrogen) atoms. The van der Waals surface area contributed by atoms with Crippen LogP contribution in [0.2, 0.25) is 0 Å². The fraction of sp³-hybridized carbons (Fsp3) is 0. The summed E-state index contributed by atoms with van der Waals surface area (Å²) in [5.41, 5.74) is 0. The van der Waals surface area contributed by atoms with Crippen LogP contribution in [0.1, 0.15) is 0 Å². The summed E-state index contributed by atoms with van der Waals surface area (Å²) in [7, 11) is 0. The van der Waals surface area contributed by atoms with E-state index < -0.39 is 0 Å². The molecule has 4 heteroatoms. The van der Waals surface area contributed by atoms with Crippen molar-refractivity contribution in [3.8, 4) is 0 Å². The number of hydrogen-bond donors (Lipinski definition) is 0. The summed E-state index contributed by atoms with van der Waals surface area (Å²) in [6, 6.07) is 0. The zero-order valence-electron chi connectivity index (χ0n) is 0.816. The van der Waals surface area contributed by atoms with Gasteiger partial charge in [-0.3, -0.25) is 9.41 Å². The van der Waals surface area contributed by atoms with E-state index in [-0.39, 0.29) is 64.5 Å². The Balaban J connectivity index is 0. The van der Waals surface area contributed by atoms with Crippen molar-refractivity contribution in [3.63, 3.8) is 0 Å². The van der Waals surface area contributed by atoms with Gasteiger partial charge in [0.15, 0.2) is 17.4 Å². The zero-order valence-corrected chi connectivity index (χ0v) is 0.816. The third-order valence-corrected chi connectivity index (χ3v) is 0. The van der Waals surface area contributed by atoms with Gasteiger partial charge in [-0.25, -0.2) is 0 Å². The predicted molar refractivity (Wildman–Crippen MR) is 23.5 cm³/mol. The van der Waals surface area contributed by atoms with E-state index in [0.717, 1.165) is 0 Å². The van der Waals surface area contributed by atoms with Gasteiger partial charge >= 0.3 is 37.7 Å². The Morgan fingerprint density at radius 1 is 0.750 bits per heavy atom. The standard InChI is InChI=1S/Al.Ca.2FH.5H/h;;2*1H;;;;;. The van der Waals surface area contributed by atoms with Gasteiger partial charge in [0, 0.05) is 0 Å². The van der Waals surface area contributed by atoms with Crippen LogP contribution in [0, 0.1) is 0 Å². The summed E-state index contributed by atoms with van der Waals surface area (Å²) in [4.78, 5) is 0. The Morgan fingerprint density at radius 3 is 0.750 bits per heavy atom. The predicted octanol–water partition coefficient (Wildman–Crippen LogP) is -1.80. The molecule has 0 rings (SSSR count). The fourth-order valence-corrected chi connectivity index (χ4v) is 0. The molecule has 0 N–H and O–H groups in total. The normalized spacial score (nSPS) is 0. The molecule has 0 aliphatic rings. The third kappa shape index (κ3) is 9.41. The van der Waals surface area contributed by atoms with Crippen LogP contribution in [0.4, 0.5) is 9.41 Å². The quantitative estimate of drug-likeness (QED) is 0.324. The molecular weight excluding hydrogens is 105 g/mol. The van der Waals surface area contributed by atoms with Gasteiger partial charge in [0.2, 0.25) is 0 Å². The molecule has 0 bridgehead atoms. The van der Waals surface area contributed by atoms with Crippen molar-refractivity contribution in [2.75, 3.05) is 0 Å². The Bertz CT molecular complexity index is 6.00. The Kier molecular flexibility index (Phi) is 255. The van der Waals surface area contributed by atoms with Crippen LogP contribution >= 0.6 is 0 Å². The maximum absolute atomic E-state index is 0. The van der Waals surface area contributed by atoms with Gasteiger partial charge in [0.05, 0.1) is 0 Å². The van der Waals surface area contributed by atoms with E-state index in [9.17, 15) is 0 Å². The first-order chi connectivity index (χ1) is 0. The van der Waals surface area contributed by atoms with Crippen molar-refractivity contribution in [2.24, 2.45) is 0 Å². The van der Waals surface area contributed by atoms with E-state index >= 15 is 0 Å². The Hall–Kier alpha value is 1.65. The average molecular weight is 112 g/mol. The molecule has 0 atom stereocenters. The molecule has 0 heterocycles. The molecule has 0 aromatic heterocycles. The van der Waals surface area contributed by atoms with E-state index in [0.29, 0.717) is 0 Å². The second-order valence-electron chi connectivity index (χ2n) is 0. The van der Waals surface area contributed by atoms with Gasteiger partial charge < -0.3 is 0 Å². The van der Waals surface area contributed by atoms with Crippen LogP contribution in [0.25, 0.3) is 0 Å². The van der Waals surface area contributed by atoms with E-state index in [1.54, 1.807) is 0 Å². The summed E-state index contributed by atoms with van der Waals surface area (Å²) < 4.78 is 0. The van der Waals surface area contributed by atoms with Crippen molar-refractivity contribution < 1.29 is 9.41 Å². The number of rotatable bonds is 0. The topological polar surface area (TPSA) is 0 Å². The van der Waals surface area contributed by atoms with Crippen molar-refractivity contribution in [1.82, 2.24) is 0 Å². The molecule has 0 aromatic carbocycles. The number of halogens is 2. The van der Waals surface area contributed by atoms with E-state index in [1.165, 1.54) is 0 Å². The SMILES string of the molecule is F.F.[AlH3].[CaH2]. The molecule has 0 unspecified atom stereocenters. The van der Waals surface area contributed by atoms with Gasteiger partial charge in [0.1, 0.15) is 0 Å². The van der Waals surface area contributed by atoms with Crippen LogP contribution in [0.5, 0.6) is 0 Å². The molecule has 0 fully saturated rings. The molecular formula is H7AlCaF2. The van der Waals surface area contributed by atoms with Gasteiger partial charge in [-0.15, -0.1) is 0 Å². The Morgan fingerprint density at radius 2 is 0.750 bits per heavy atom. The van der Waals surface area contributed by atoms with Crippen LogP contribution in [0.3, 0.4) is 0 Å². The molecule has 0 saturated heterocycles. The van der Waals surface area contributed by atoms with E-state index in [4.69, 9.17) is 0 Å².